The summed E-state index contributed by atoms with van der Waals surface area (Å²) in [5, 5.41) is 12.2. The van der Waals surface area contributed by atoms with Gasteiger partial charge < -0.3 is 4.74 Å². The first-order chi connectivity index (χ1) is 14.2. The van der Waals surface area contributed by atoms with Crippen molar-refractivity contribution >= 4 is 11.7 Å². The van der Waals surface area contributed by atoms with Crippen LogP contribution in [-0.2, 0) is 6.54 Å². The van der Waals surface area contributed by atoms with E-state index in [4.69, 9.17) is 4.74 Å². The Hall–Kier alpha value is -4.07. The minimum atomic E-state index is -0.382. The van der Waals surface area contributed by atoms with Crippen molar-refractivity contribution in [1.29, 1.82) is 0 Å². The Kier molecular flexibility index (Phi) is 5.24. The first-order valence-electron chi connectivity index (χ1n) is 8.96. The van der Waals surface area contributed by atoms with Gasteiger partial charge in [-0.25, -0.2) is 4.98 Å². The molecule has 0 unspecified atom stereocenters. The lowest BCUT2D eigenvalue weighted by Crippen LogP contribution is -2.32. The molecule has 4 aromatic rings. The average Bonchev–Trinajstić information content (AvgIpc) is 3.29. The van der Waals surface area contributed by atoms with E-state index in [1.165, 1.54) is 9.70 Å². The highest BCUT2D eigenvalue weighted by atomic mass is 16.5. The summed E-state index contributed by atoms with van der Waals surface area (Å²) in [4.78, 5) is 20.3. The predicted octanol–water partition coefficient (Wildman–Crippen LogP) is 2.91. The molecule has 1 amide bonds. The molecule has 0 aliphatic heterocycles. The molecule has 0 aliphatic carbocycles. The number of rotatable bonds is 6. The second-order valence-electron chi connectivity index (χ2n) is 6.17. The molecule has 0 bridgehead atoms. The molecule has 2 aromatic carbocycles. The highest BCUT2D eigenvalue weighted by Gasteiger charge is 2.24. The molecular formula is C21H18N6O2. The van der Waals surface area contributed by atoms with Crippen LogP contribution in [0.5, 0.6) is 5.75 Å². The van der Waals surface area contributed by atoms with Gasteiger partial charge in [-0.3, -0.25) is 9.69 Å². The van der Waals surface area contributed by atoms with Crippen LogP contribution in [0.2, 0.25) is 0 Å². The van der Waals surface area contributed by atoms with Crippen LogP contribution in [0.25, 0.3) is 5.69 Å². The number of aromatic nitrogens is 5. The lowest BCUT2D eigenvalue weighted by Gasteiger charge is -2.20. The van der Waals surface area contributed by atoms with Crippen LogP contribution in [0.4, 0.5) is 5.82 Å². The van der Waals surface area contributed by atoms with Gasteiger partial charge in [0, 0.05) is 6.20 Å². The molecule has 8 nitrogen and oxygen atoms in total. The van der Waals surface area contributed by atoms with Crippen LogP contribution >= 0.6 is 0 Å². The van der Waals surface area contributed by atoms with Crippen molar-refractivity contribution in [3.8, 4) is 11.4 Å². The second kappa shape index (κ2) is 8.30. The fourth-order valence-corrected chi connectivity index (χ4v) is 2.78. The second-order valence-corrected chi connectivity index (χ2v) is 6.17. The Morgan fingerprint density at radius 3 is 2.45 bits per heavy atom. The summed E-state index contributed by atoms with van der Waals surface area (Å²) in [7, 11) is 1.60. The third-order valence-electron chi connectivity index (χ3n) is 4.26. The van der Waals surface area contributed by atoms with E-state index in [9.17, 15) is 4.79 Å². The summed E-state index contributed by atoms with van der Waals surface area (Å²) in [6.07, 6.45) is 1.64. The fraction of sp³-hybridized carbons (Fsp3) is 0.0952. The number of benzene rings is 2. The molecule has 2 aromatic heterocycles. The Bertz CT molecular complexity index is 1080. The van der Waals surface area contributed by atoms with E-state index in [2.05, 4.69) is 20.4 Å². The van der Waals surface area contributed by atoms with Crippen molar-refractivity contribution in [2.24, 2.45) is 0 Å². The van der Waals surface area contributed by atoms with E-state index in [0.29, 0.717) is 23.8 Å². The van der Waals surface area contributed by atoms with Gasteiger partial charge in [0.1, 0.15) is 11.6 Å². The molecule has 29 heavy (non-hydrogen) atoms. The standard InChI is InChI=1S/C21H18N6O2/c1-29-18-12-10-17(11-13-18)27-24-20(23-25-27)21(28)26(19-9-5-6-14-22-19)15-16-7-3-2-4-8-16/h2-14H,15H2,1H3. The number of hydrogen-bond acceptors (Lipinski definition) is 6. The number of tetrazole rings is 1. The Labute approximate surface area is 167 Å². The number of nitrogens with zero attached hydrogens (tertiary/aromatic N) is 6. The minimum absolute atomic E-state index is 0.0117. The van der Waals surface area contributed by atoms with Gasteiger partial charge in [0.2, 0.25) is 0 Å². The van der Waals surface area contributed by atoms with Crippen molar-refractivity contribution < 1.29 is 9.53 Å². The van der Waals surface area contributed by atoms with Crippen LogP contribution in [0, 0.1) is 0 Å². The van der Waals surface area contributed by atoms with Gasteiger partial charge in [-0.2, -0.15) is 0 Å². The smallest absolute Gasteiger partial charge is 0.301 e. The molecule has 0 saturated carbocycles. The third-order valence-corrected chi connectivity index (χ3v) is 4.26. The highest BCUT2D eigenvalue weighted by molar-refractivity contribution is 6.02. The summed E-state index contributed by atoms with van der Waals surface area (Å²) in [6, 6.07) is 22.2. The van der Waals surface area contributed by atoms with E-state index < -0.39 is 0 Å². The topological polar surface area (TPSA) is 86.0 Å². The van der Waals surface area contributed by atoms with E-state index in [1.54, 1.807) is 49.7 Å². The summed E-state index contributed by atoms with van der Waals surface area (Å²) < 4.78 is 5.15. The number of hydrogen-bond donors (Lipinski definition) is 0. The predicted molar refractivity (Wildman–Crippen MR) is 107 cm³/mol. The molecular weight excluding hydrogens is 368 g/mol. The molecule has 0 atom stereocenters. The molecule has 2 heterocycles. The van der Waals surface area contributed by atoms with Crippen molar-refractivity contribution in [3.63, 3.8) is 0 Å². The van der Waals surface area contributed by atoms with Crippen molar-refractivity contribution in [3.05, 3.63) is 90.4 Å². The van der Waals surface area contributed by atoms with Gasteiger partial charge in [0.25, 0.3) is 5.82 Å². The third kappa shape index (κ3) is 4.11. The van der Waals surface area contributed by atoms with Gasteiger partial charge in [-0.05, 0) is 47.2 Å². The summed E-state index contributed by atoms with van der Waals surface area (Å²) >= 11 is 0. The largest absolute Gasteiger partial charge is 0.497 e. The highest BCUT2D eigenvalue weighted by Crippen LogP contribution is 2.17. The molecule has 0 saturated heterocycles. The lowest BCUT2D eigenvalue weighted by atomic mass is 10.2. The number of carbonyl (C=O) groups excluding carboxylic acids is 1. The van der Waals surface area contributed by atoms with Gasteiger partial charge in [-0.15, -0.1) is 15.0 Å². The normalized spacial score (nSPS) is 10.5. The number of amides is 1. The molecule has 8 heteroatoms. The van der Waals surface area contributed by atoms with Gasteiger partial charge in [0.15, 0.2) is 0 Å². The van der Waals surface area contributed by atoms with Gasteiger partial charge >= 0.3 is 5.91 Å². The average molecular weight is 386 g/mol. The van der Waals surface area contributed by atoms with Crippen LogP contribution < -0.4 is 9.64 Å². The number of carbonyl (C=O) groups is 1. The van der Waals surface area contributed by atoms with Crippen molar-refractivity contribution in [2.45, 2.75) is 6.54 Å². The zero-order valence-electron chi connectivity index (χ0n) is 15.7. The van der Waals surface area contributed by atoms with Crippen molar-refractivity contribution in [1.82, 2.24) is 25.2 Å². The maximum Gasteiger partial charge on any atom is 0.301 e. The van der Waals surface area contributed by atoms with E-state index in [-0.39, 0.29) is 11.7 Å². The van der Waals surface area contributed by atoms with Gasteiger partial charge in [0.05, 0.1) is 19.3 Å². The minimum Gasteiger partial charge on any atom is -0.497 e. The molecule has 0 radical (unpaired) electrons. The zero-order chi connectivity index (χ0) is 20.1. The van der Waals surface area contributed by atoms with Crippen LogP contribution in [-0.4, -0.2) is 38.2 Å². The zero-order valence-corrected chi connectivity index (χ0v) is 15.7. The maximum atomic E-state index is 13.2. The molecule has 0 N–H and O–H groups in total. The molecule has 0 aliphatic rings. The summed E-state index contributed by atoms with van der Waals surface area (Å²) in [5.41, 5.74) is 1.64. The molecule has 0 spiro atoms. The lowest BCUT2D eigenvalue weighted by molar-refractivity contribution is 0.0974. The van der Waals surface area contributed by atoms with Crippen LogP contribution in [0.3, 0.4) is 0 Å². The van der Waals surface area contributed by atoms with Crippen LogP contribution in [0.1, 0.15) is 16.2 Å². The summed E-state index contributed by atoms with van der Waals surface area (Å²) in [5.74, 6) is 0.839. The Morgan fingerprint density at radius 1 is 1.00 bits per heavy atom. The Balaban J connectivity index is 1.63. The quantitative estimate of drug-likeness (QED) is 0.506. The molecule has 144 valence electrons. The number of ether oxygens (including phenoxy) is 1. The Morgan fingerprint density at radius 2 is 1.76 bits per heavy atom. The monoisotopic (exact) mass is 386 g/mol. The van der Waals surface area contributed by atoms with Gasteiger partial charge in [-0.1, -0.05) is 36.4 Å². The van der Waals surface area contributed by atoms with E-state index in [0.717, 1.165) is 5.56 Å². The summed E-state index contributed by atoms with van der Waals surface area (Å²) in [6.45, 7) is 0.341. The number of methoxy groups -OCH3 is 1. The number of anilines is 1. The first kappa shape index (κ1) is 18.3. The number of pyridine rings is 1. The molecule has 4 rings (SSSR count). The maximum absolute atomic E-state index is 13.2. The van der Waals surface area contributed by atoms with E-state index in [1.807, 2.05) is 36.4 Å². The fourth-order valence-electron chi connectivity index (χ4n) is 2.78. The van der Waals surface area contributed by atoms with Crippen molar-refractivity contribution in [2.75, 3.05) is 12.0 Å². The molecule has 0 fully saturated rings. The first-order valence-corrected chi connectivity index (χ1v) is 8.96. The van der Waals surface area contributed by atoms with E-state index >= 15 is 0 Å². The van der Waals surface area contributed by atoms with Crippen LogP contribution in [0.15, 0.2) is 79.0 Å². The SMILES string of the molecule is COc1ccc(-n2nnc(C(=O)N(Cc3ccccc3)c3ccccn3)n2)cc1.